The predicted molar refractivity (Wildman–Crippen MR) is 80.2 cm³/mol. The van der Waals surface area contributed by atoms with E-state index in [1.165, 1.54) is 6.07 Å². The molecule has 0 saturated heterocycles. The van der Waals surface area contributed by atoms with Crippen molar-refractivity contribution in [3.63, 3.8) is 0 Å². The maximum atomic E-state index is 13.0. The summed E-state index contributed by atoms with van der Waals surface area (Å²) in [6.07, 6.45) is -3.05. The van der Waals surface area contributed by atoms with E-state index >= 15 is 0 Å². The van der Waals surface area contributed by atoms with Crippen molar-refractivity contribution in [1.82, 2.24) is 9.97 Å². The van der Waals surface area contributed by atoms with Gasteiger partial charge in [0.1, 0.15) is 5.56 Å². The molecular formula is C15H9ClF3N3O. The van der Waals surface area contributed by atoms with Crippen LogP contribution >= 0.6 is 11.6 Å². The number of para-hydroxylation sites is 1. The summed E-state index contributed by atoms with van der Waals surface area (Å²) >= 11 is 5.60. The Morgan fingerprint density at radius 1 is 1.09 bits per heavy atom. The topological polar surface area (TPSA) is 47.0 Å². The highest BCUT2D eigenvalue weighted by atomic mass is 35.5. The summed E-state index contributed by atoms with van der Waals surface area (Å²) in [6.45, 7) is 0. The van der Waals surface area contributed by atoms with E-state index in [-0.39, 0.29) is 11.0 Å². The van der Waals surface area contributed by atoms with Crippen LogP contribution in [0.3, 0.4) is 0 Å². The molecule has 0 fully saturated rings. The lowest BCUT2D eigenvalue weighted by molar-refractivity contribution is -0.138. The number of halogens is 4. The third-order valence-corrected chi connectivity index (χ3v) is 3.22. The van der Waals surface area contributed by atoms with Gasteiger partial charge < -0.3 is 4.84 Å². The Morgan fingerprint density at radius 2 is 1.87 bits per heavy atom. The molecule has 8 heteroatoms. The third kappa shape index (κ3) is 3.45. The molecule has 0 spiro atoms. The largest absolute Gasteiger partial charge is 0.420 e. The van der Waals surface area contributed by atoms with E-state index in [1.54, 1.807) is 18.3 Å². The molecular weight excluding hydrogens is 331 g/mol. The van der Waals surface area contributed by atoms with Crippen LogP contribution in [0, 0.1) is 0 Å². The van der Waals surface area contributed by atoms with E-state index in [2.05, 4.69) is 15.4 Å². The summed E-state index contributed by atoms with van der Waals surface area (Å²) in [4.78, 5) is 13.1. The zero-order chi connectivity index (χ0) is 16.4. The van der Waals surface area contributed by atoms with Gasteiger partial charge in [0.15, 0.2) is 5.75 Å². The average Bonchev–Trinajstić information content (AvgIpc) is 2.52. The molecule has 3 aromatic rings. The van der Waals surface area contributed by atoms with Crippen molar-refractivity contribution in [1.29, 1.82) is 0 Å². The fourth-order valence-corrected chi connectivity index (χ4v) is 2.11. The Labute approximate surface area is 133 Å². The summed E-state index contributed by atoms with van der Waals surface area (Å²) in [5.74, 6) is -0.370. The molecule has 0 radical (unpaired) electrons. The minimum absolute atomic E-state index is 0.0355. The predicted octanol–water partition coefficient (Wildman–Crippen LogP) is 4.71. The van der Waals surface area contributed by atoms with Crippen molar-refractivity contribution in [2.24, 2.45) is 0 Å². The Hall–Kier alpha value is -2.54. The van der Waals surface area contributed by atoms with Crippen LogP contribution in [0.1, 0.15) is 5.56 Å². The number of alkyl halides is 3. The Kier molecular flexibility index (Phi) is 3.96. The molecule has 23 heavy (non-hydrogen) atoms. The highest BCUT2D eigenvalue weighted by Gasteiger charge is 2.35. The third-order valence-electron chi connectivity index (χ3n) is 2.99. The van der Waals surface area contributed by atoms with Crippen molar-refractivity contribution >= 4 is 28.5 Å². The Balaban J connectivity index is 1.85. The smallest absolute Gasteiger partial charge is 0.379 e. The number of anilines is 1. The maximum absolute atomic E-state index is 13.0. The van der Waals surface area contributed by atoms with E-state index in [9.17, 15) is 13.2 Å². The zero-order valence-electron chi connectivity index (χ0n) is 11.4. The molecule has 0 atom stereocenters. The molecule has 0 bridgehead atoms. The van der Waals surface area contributed by atoms with Gasteiger partial charge in [-0.05, 0) is 24.3 Å². The highest BCUT2D eigenvalue weighted by molar-refractivity contribution is 6.30. The van der Waals surface area contributed by atoms with Gasteiger partial charge in [-0.2, -0.15) is 18.7 Å². The number of nitrogens with one attached hydrogen (secondary N) is 1. The Morgan fingerprint density at radius 3 is 2.65 bits per heavy atom. The van der Waals surface area contributed by atoms with Crippen LogP contribution in [0.4, 0.5) is 19.1 Å². The van der Waals surface area contributed by atoms with E-state index in [0.717, 1.165) is 17.5 Å². The normalized spacial score (nSPS) is 11.5. The second-order valence-corrected chi connectivity index (χ2v) is 5.03. The average molecular weight is 340 g/mol. The maximum Gasteiger partial charge on any atom is 0.420 e. The minimum atomic E-state index is -4.59. The first kappa shape index (κ1) is 15.4. The van der Waals surface area contributed by atoms with Gasteiger partial charge in [-0.3, -0.25) is 0 Å². The fraction of sp³-hybridized carbons (Fsp3) is 0.0667. The van der Waals surface area contributed by atoms with Crippen molar-refractivity contribution in [3.05, 3.63) is 59.2 Å². The van der Waals surface area contributed by atoms with Gasteiger partial charge in [0.25, 0.3) is 5.95 Å². The lowest BCUT2D eigenvalue weighted by Crippen LogP contribution is -2.13. The molecule has 0 unspecified atom stereocenters. The second-order valence-electron chi connectivity index (χ2n) is 4.59. The van der Waals surface area contributed by atoms with E-state index in [0.29, 0.717) is 5.52 Å². The molecule has 4 nitrogen and oxygen atoms in total. The standard InChI is InChI=1S/C15H9ClF3N3O/c16-10-5-6-13(11(7-10)15(17,18)19)23-22-14-20-8-9-3-1-2-4-12(9)21-14/h1-8H,(H,20,21,22). The van der Waals surface area contributed by atoms with Crippen LogP contribution in [0.25, 0.3) is 10.9 Å². The van der Waals surface area contributed by atoms with Gasteiger partial charge in [0, 0.05) is 16.6 Å². The summed E-state index contributed by atoms with van der Waals surface area (Å²) in [5, 5.41) is 0.771. The summed E-state index contributed by atoms with van der Waals surface area (Å²) < 4.78 is 38.9. The molecule has 0 amide bonds. The lowest BCUT2D eigenvalue weighted by Gasteiger charge is -2.14. The van der Waals surface area contributed by atoms with Crippen molar-refractivity contribution in [2.45, 2.75) is 6.18 Å². The number of fused-ring (bicyclic) bond motifs is 1. The molecule has 1 N–H and O–H groups in total. The van der Waals surface area contributed by atoms with Gasteiger partial charge in [-0.25, -0.2) is 9.97 Å². The number of nitrogens with zero attached hydrogens (tertiary/aromatic N) is 2. The Bertz CT molecular complexity index is 855. The van der Waals surface area contributed by atoms with Crippen LogP contribution in [0.5, 0.6) is 5.75 Å². The van der Waals surface area contributed by atoms with Crippen LogP contribution in [0.2, 0.25) is 5.02 Å². The van der Waals surface area contributed by atoms with Gasteiger partial charge in [0.05, 0.1) is 5.52 Å². The first-order chi connectivity index (χ1) is 10.9. The summed E-state index contributed by atoms with van der Waals surface area (Å²) in [7, 11) is 0. The lowest BCUT2D eigenvalue weighted by atomic mass is 10.2. The molecule has 0 aliphatic heterocycles. The molecule has 1 heterocycles. The molecule has 3 rings (SSSR count). The quantitative estimate of drug-likeness (QED) is 0.702. The SMILES string of the molecule is FC(F)(F)c1cc(Cl)ccc1ONc1ncc2ccccc2n1. The van der Waals surface area contributed by atoms with Crippen molar-refractivity contribution in [3.8, 4) is 5.75 Å². The van der Waals surface area contributed by atoms with Crippen LogP contribution < -0.4 is 10.3 Å². The van der Waals surface area contributed by atoms with E-state index in [1.807, 2.05) is 12.1 Å². The molecule has 0 aliphatic carbocycles. The molecule has 1 aromatic heterocycles. The van der Waals surface area contributed by atoms with Crippen molar-refractivity contribution < 1.29 is 18.0 Å². The number of hydrogen-bond donors (Lipinski definition) is 1. The fourth-order valence-electron chi connectivity index (χ4n) is 1.93. The second kappa shape index (κ2) is 5.92. The van der Waals surface area contributed by atoms with Gasteiger partial charge >= 0.3 is 6.18 Å². The number of benzene rings is 2. The summed E-state index contributed by atoms with van der Waals surface area (Å²) in [6, 6.07) is 10.4. The number of hydrogen-bond acceptors (Lipinski definition) is 4. The van der Waals surface area contributed by atoms with Crippen LogP contribution in [-0.2, 0) is 6.18 Å². The molecule has 2 aromatic carbocycles. The van der Waals surface area contributed by atoms with Crippen LogP contribution in [0.15, 0.2) is 48.7 Å². The van der Waals surface area contributed by atoms with Crippen molar-refractivity contribution in [2.75, 3.05) is 5.48 Å². The number of aromatic nitrogens is 2. The zero-order valence-corrected chi connectivity index (χ0v) is 12.2. The van der Waals surface area contributed by atoms with E-state index in [4.69, 9.17) is 16.4 Å². The molecule has 118 valence electrons. The first-order valence-corrected chi connectivity index (χ1v) is 6.83. The first-order valence-electron chi connectivity index (χ1n) is 6.45. The van der Waals surface area contributed by atoms with Crippen LogP contribution in [-0.4, -0.2) is 9.97 Å². The minimum Gasteiger partial charge on any atom is -0.379 e. The van der Waals surface area contributed by atoms with Gasteiger partial charge in [-0.15, -0.1) is 0 Å². The summed E-state index contributed by atoms with van der Waals surface area (Å²) in [5.41, 5.74) is 1.97. The highest BCUT2D eigenvalue weighted by Crippen LogP contribution is 2.37. The molecule has 0 saturated carbocycles. The van der Waals surface area contributed by atoms with E-state index < -0.39 is 17.5 Å². The monoisotopic (exact) mass is 339 g/mol. The molecule has 0 aliphatic rings. The number of rotatable bonds is 3. The van der Waals surface area contributed by atoms with Gasteiger partial charge in [-0.1, -0.05) is 29.8 Å². The van der Waals surface area contributed by atoms with Gasteiger partial charge in [0.2, 0.25) is 0 Å².